The summed E-state index contributed by atoms with van der Waals surface area (Å²) in [6.45, 7) is 4.92. The number of aromatic nitrogens is 1. The molecule has 6 heteroatoms. The van der Waals surface area contributed by atoms with Crippen LogP contribution < -0.4 is 5.32 Å². The number of nitrogens with one attached hydrogen (secondary N) is 1. The van der Waals surface area contributed by atoms with Gasteiger partial charge in [-0.2, -0.15) is 0 Å². The molecule has 0 bridgehead atoms. The van der Waals surface area contributed by atoms with Gasteiger partial charge in [-0.3, -0.25) is 9.78 Å². The van der Waals surface area contributed by atoms with E-state index in [2.05, 4.69) is 24.1 Å². The summed E-state index contributed by atoms with van der Waals surface area (Å²) in [6.07, 6.45) is 4.02. The third kappa shape index (κ3) is 4.53. The normalized spacial score (nSPS) is 21.6. The Morgan fingerprint density at radius 1 is 1.50 bits per heavy atom. The second kappa shape index (κ2) is 7.35. The highest BCUT2D eigenvalue weighted by Crippen LogP contribution is 2.20. The molecule has 1 fully saturated rings. The molecular weight excluding hydrogens is 284 g/mol. The molecule has 1 aliphatic rings. The number of hydrogen-bond donors (Lipinski definition) is 2. The van der Waals surface area contributed by atoms with Crippen molar-refractivity contribution in [3.05, 3.63) is 29.6 Å². The largest absolute Gasteiger partial charge is 0.478 e. The Bertz CT molecular complexity index is 545. The van der Waals surface area contributed by atoms with Gasteiger partial charge >= 0.3 is 5.97 Å². The number of carbonyl (C=O) groups is 2. The maximum absolute atomic E-state index is 12.2. The zero-order valence-corrected chi connectivity index (χ0v) is 12.9. The van der Waals surface area contributed by atoms with Gasteiger partial charge in [0.15, 0.2) is 0 Å². The molecule has 6 nitrogen and oxygen atoms in total. The van der Waals surface area contributed by atoms with Crippen molar-refractivity contribution in [1.82, 2.24) is 10.3 Å². The zero-order valence-electron chi connectivity index (χ0n) is 12.9. The van der Waals surface area contributed by atoms with Gasteiger partial charge in [0, 0.05) is 18.8 Å². The highest BCUT2D eigenvalue weighted by molar-refractivity contribution is 5.95. The Balaban J connectivity index is 1.96. The van der Waals surface area contributed by atoms with E-state index in [1.807, 2.05) is 0 Å². The number of carbonyl (C=O) groups excluding carboxylic acids is 1. The summed E-state index contributed by atoms with van der Waals surface area (Å²) in [6, 6.07) is 2.70. The summed E-state index contributed by atoms with van der Waals surface area (Å²) in [7, 11) is 0. The number of carboxylic acid groups (broad SMARTS) is 1. The van der Waals surface area contributed by atoms with Gasteiger partial charge in [-0.25, -0.2) is 4.79 Å². The molecule has 1 aliphatic heterocycles. The standard InChI is InChI=1S/C16H22N2O4/c1-10(2)7-13-9-12(4-6-22-13)18-15(19)14-8-11(16(20)21)3-5-17-14/h3,5,8,10,12-13H,4,6-7,9H2,1-2H3,(H,18,19)(H,20,21). The zero-order chi connectivity index (χ0) is 16.1. The highest BCUT2D eigenvalue weighted by atomic mass is 16.5. The predicted octanol–water partition coefficient (Wildman–Crippen LogP) is 2.10. The maximum Gasteiger partial charge on any atom is 0.335 e. The first-order chi connectivity index (χ1) is 10.5. The first-order valence-corrected chi connectivity index (χ1v) is 7.57. The fourth-order valence-corrected chi connectivity index (χ4v) is 2.65. The van der Waals surface area contributed by atoms with Crippen molar-refractivity contribution in [2.75, 3.05) is 6.61 Å². The molecular formula is C16H22N2O4. The molecule has 22 heavy (non-hydrogen) atoms. The first-order valence-electron chi connectivity index (χ1n) is 7.57. The molecule has 0 aromatic carbocycles. The molecule has 0 spiro atoms. The number of aromatic carboxylic acids is 1. The molecule has 0 radical (unpaired) electrons. The summed E-state index contributed by atoms with van der Waals surface area (Å²) >= 11 is 0. The van der Waals surface area contributed by atoms with Gasteiger partial charge in [0.05, 0.1) is 11.7 Å². The van der Waals surface area contributed by atoms with Crippen molar-refractivity contribution >= 4 is 11.9 Å². The van der Waals surface area contributed by atoms with E-state index in [9.17, 15) is 9.59 Å². The molecule has 2 heterocycles. The molecule has 2 rings (SSSR count). The van der Waals surface area contributed by atoms with Crippen LogP contribution in [0.15, 0.2) is 18.3 Å². The van der Waals surface area contributed by atoms with Gasteiger partial charge in [-0.15, -0.1) is 0 Å². The van der Waals surface area contributed by atoms with Crippen LogP contribution in [0.5, 0.6) is 0 Å². The molecule has 2 unspecified atom stereocenters. The number of carboxylic acids is 1. The number of nitrogens with zero attached hydrogens (tertiary/aromatic N) is 1. The average molecular weight is 306 g/mol. The second-order valence-electron chi connectivity index (χ2n) is 6.05. The molecule has 1 aromatic rings. The van der Waals surface area contributed by atoms with Crippen molar-refractivity contribution in [3.8, 4) is 0 Å². The minimum Gasteiger partial charge on any atom is -0.478 e. The second-order valence-corrected chi connectivity index (χ2v) is 6.05. The van der Waals surface area contributed by atoms with Crippen LogP contribution in [0, 0.1) is 5.92 Å². The van der Waals surface area contributed by atoms with Crippen molar-refractivity contribution in [2.45, 2.75) is 45.3 Å². The number of hydrogen-bond acceptors (Lipinski definition) is 4. The van der Waals surface area contributed by atoms with Crippen LogP contribution in [0.1, 0.15) is 54.0 Å². The van der Waals surface area contributed by atoms with Gasteiger partial charge in [0.1, 0.15) is 5.69 Å². The first kappa shape index (κ1) is 16.4. The summed E-state index contributed by atoms with van der Waals surface area (Å²) in [5.41, 5.74) is 0.191. The number of amides is 1. The third-order valence-electron chi connectivity index (χ3n) is 3.68. The van der Waals surface area contributed by atoms with Crippen LogP contribution >= 0.6 is 0 Å². The Hall–Kier alpha value is -1.95. The summed E-state index contributed by atoms with van der Waals surface area (Å²) in [4.78, 5) is 27.1. The fourth-order valence-electron chi connectivity index (χ4n) is 2.65. The van der Waals surface area contributed by atoms with E-state index in [1.54, 1.807) is 0 Å². The van der Waals surface area contributed by atoms with Gasteiger partial charge in [-0.1, -0.05) is 13.8 Å². The molecule has 120 valence electrons. The molecule has 0 aliphatic carbocycles. The van der Waals surface area contributed by atoms with Crippen molar-refractivity contribution in [3.63, 3.8) is 0 Å². The predicted molar refractivity (Wildman–Crippen MR) is 80.9 cm³/mol. The van der Waals surface area contributed by atoms with E-state index in [-0.39, 0.29) is 29.3 Å². The third-order valence-corrected chi connectivity index (χ3v) is 3.68. The van der Waals surface area contributed by atoms with Gasteiger partial charge in [0.2, 0.25) is 0 Å². The Morgan fingerprint density at radius 3 is 2.95 bits per heavy atom. The lowest BCUT2D eigenvalue weighted by Crippen LogP contribution is -2.42. The molecule has 2 N–H and O–H groups in total. The molecule has 1 saturated heterocycles. The van der Waals surface area contributed by atoms with E-state index in [4.69, 9.17) is 9.84 Å². The van der Waals surface area contributed by atoms with Crippen LogP contribution in [0.4, 0.5) is 0 Å². The molecule has 1 amide bonds. The lowest BCUT2D eigenvalue weighted by Gasteiger charge is -2.31. The number of rotatable bonds is 5. The van der Waals surface area contributed by atoms with Crippen LogP contribution in [-0.4, -0.2) is 40.7 Å². The quantitative estimate of drug-likeness (QED) is 0.869. The van der Waals surface area contributed by atoms with Crippen LogP contribution in [0.2, 0.25) is 0 Å². The Morgan fingerprint density at radius 2 is 2.27 bits per heavy atom. The van der Waals surface area contributed by atoms with Crippen molar-refractivity contribution < 1.29 is 19.4 Å². The molecule has 0 saturated carbocycles. The van der Waals surface area contributed by atoms with E-state index in [0.29, 0.717) is 12.5 Å². The van der Waals surface area contributed by atoms with Gasteiger partial charge < -0.3 is 15.2 Å². The smallest absolute Gasteiger partial charge is 0.335 e. The number of pyridine rings is 1. The summed E-state index contributed by atoms with van der Waals surface area (Å²) in [5.74, 6) is -0.855. The molecule has 2 atom stereocenters. The van der Waals surface area contributed by atoms with Gasteiger partial charge in [0.25, 0.3) is 5.91 Å². The van der Waals surface area contributed by atoms with Crippen LogP contribution in [-0.2, 0) is 4.74 Å². The average Bonchev–Trinajstić information content (AvgIpc) is 2.47. The van der Waals surface area contributed by atoms with Gasteiger partial charge in [-0.05, 0) is 37.3 Å². The van der Waals surface area contributed by atoms with E-state index in [1.165, 1.54) is 18.3 Å². The topological polar surface area (TPSA) is 88.5 Å². The lowest BCUT2D eigenvalue weighted by molar-refractivity contribution is -0.00850. The minimum atomic E-state index is -1.07. The Kier molecular flexibility index (Phi) is 5.49. The van der Waals surface area contributed by atoms with Crippen LogP contribution in [0.3, 0.4) is 0 Å². The molecule has 1 aromatic heterocycles. The highest BCUT2D eigenvalue weighted by Gasteiger charge is 2.25. The summed E-state index contributed by atoms with van der Waals surface area (Å²) < 4.78 is 5.71. The maximum atomic E-state index is 12.2. The summed E-state index contributed by atoms with van der Waals surface area (Å²) in [5, 5.41) is 11.9. The SMILES string of the molecule is CC(C)CC1CC(NC(=O)c2cc(C(=O)O)ccn2)CCO1. The minimum absolute atomic E-state index is 0.0419. The number of ether oxygens (including phenoxy) is 1. The van der Waals surface area contributed by atoms with E-state index >= 15 is 0 Å². The fraction of sp³-hybridized carbons (Fsp3) is 0.562. The van der Waals surface area contributed by atoms with Crippen LogP contribution in [0.25, 0.3) is 0 Å². The van der Waals surface area contributed by atoms with E-state index < -0.39 is 5.97 Å². The van der Waals surface area contributed by atoms with Crippen molar-refractivity contribution in [1.29, 1.82) is 0 Å². The lowest BCUT2D eigenvalue weighted by atomic mass is 9.96. The van der Waals surface area contributed by atoms with Crippen molar-refractivity contribution in [2.24, 2.45) is 5.92 Å². The van der Waals surface area contributed by atoms with E-state index in [0.717, 1.165) is 19.3 Å². The Labute approximate surface area is 129 Å². The monoisotopic (exact) mass is 306 g/mol.